The molecule has 0 aliphatic heterocycles. The van der Waals surface area contributed by atoms with Crippen molar-refractivity contribution >= 4 is 50.3 Å². The predicted octanol–water partition coefficient (Wildman–Crippen LogP) is 2.39. The number of rotatable bonds is 8. The first-order valence-corrected chi connectivity index (χ1v) is 10.6. The first kappa shape index (κ1) is 20.3. The molecule has 0 saturated carbocycles. The Hall–Kier alpha value is -2.43. The number of aliphatic hydroxyl groups is 1. The van der Waals surface area contributed by atoms with Gasteiger partial charge in [-0.2, -0.15) is 0 Å². The molecule has 0 unspecified atom stereocenters. The summed E-state index contributed by atoms with van der Waals surface area (Å²) in [5.41, 5.74) is 1.45. The first-order chi connectivity index (χ1) is 13.5. The number of carbonyl (C=O) groups is 1. The molecule has 0 aliphatic rings. The first-order valence-electron chi connectivity index (χ1n) is 8.60. The van der Waals surface area contributed by atoms with Crippen LogP contribution >= 0.6 is 23.1 Å². The average molecular weight is 419 g/mol. The van der Waals surface area contributed by atoms with Gasteiger partial charge in [0.25, 0.3) is 5.91 Å². The molecule has 3 rings (SSSR count). The van der Waals surface area contributed by atoms with E-state index in [0.717, 1.165) is 15.1 Å². The van der Waals surface area contributed by atoms with E-state index in [1.165, 1.54) is 11.3 Å². The number of thioether (sulfide) groups is 1. The fourth-order valence-electron chi connectivity index (χ4n) is 2.39. The maximum atomic E-state index is 12.1. The van der Waals surface area contributed by atoms with E-state index in [9.17, 15) is 9.90 Å². The minimum absolute atomic E-state index is 0.0425. The lowest BCUT2D eigenvalue weighted by atomic mass is 10.2. The van der Waals surface area contributed by atoms with Crippen molar-refractivity contribution in [2.24, 2.45) is 0 Å². The second-order valence-corrected chi connectivity index (χ2v) is 8.17. The third-order valence-corrected chi connectivity index (χ3v) is 5.55. The van der Waals surface area contributed by atoms with E-state index < -0.39 is 6.10 Å². The number of carbonyl (C=O) groups excluding carboxylic acids is 1. The van der Waals surface area contributed by atoms with Crippen molar-refractivity contribution in [3.63, 3.8) is 0 Å². The van der Waals surface area contributed by atoms with Crippen LogP contribution in [0, 0.1) is 0 Å². The topological polar surface area (TPSA) is 103 Å². The third-order valence-electron chi connectivity index (χ3n) is 3.89. The summed E-state index contributed by atoms with van der Waals surface area (Å²) in [7, 11) is 3.45. The number of nitrogens with zero attached hydrogens (tertiary/aromatic N) is 4. The molecule has 0 spiro atoms. The molecule has 0 bridgehead atoms. The van der Waals surface area contributed by atoms with Crippen LogP contribution in [0.4, 0.5) is 11.1 Å². The molecule has 148 valence electrons. The van der Waals surface area contributed by atoms with Crippen molar-refractivity contribution in [1.29, 1.82) is 0 Å². The fourth-order valence-corrected chi connectivity index (χ4v) is 3.62. The summed E-state index contributed by atoms with van der Waals surface area (Å²) < 4.78 is 0.921. The second-order valence-electron chi connectivity index (χ2n) is 6.26. The number of aliphatic hydroxyl groups excluding tert-OH is 1. The largest absolute Gasteiger partial charge is 0.389 e. The normalized spacial score (nSPS) is 12.0. The van der Waals surface area contributed by atoms with Crippen molar-refractivity contribution in [1.82, 2.24) is 19.9 Å². The van der Waals surface area contributed by atoms with Gasteiger partial charge < -0.3 is 20.6 Å². The Balaban J connectivity index is 1.54. The van der Waals surface area contributed by atoms with Gasteiger partial charge in [0, 0.05) is 50.0 Å². The van der Waals surface area contributed by atoms with Crippen LogP contribution < -0.4 is 10.6 Å². The number of hydrogen-bond acceptors (Lipinski definition) is 9. The lowest BCUT2D eigenvalue weighted by molar-refractivity contribution is 0.0828. The average Bonchev–Trinajstić information content (AvgIpc) is 3.12. The van der Waals surface area contributed by atoms with Gasteiger partial charge in [-0.05, 0) is 24.5 Å². The number of aromatic nitrogens is 3. The summed E-state index contributed by atoms with van der Waals surface area (Å²) >= 11 is 3.02. The molecule has 2 aromatic heterocycles. The lowest BCUT2D eigenvalue weighted by Crippen LogP contribution is -2.28. The highest BCUT2D eigenvalue weighted by atomic mass is 32.2. The molecule has 0 saturated heterocycles. The molecule has 1 atom stereocenters. The number of amides is 1. The van der Waals surface area contributed by atoms with E-state index in [0.29, 0.717) is 29.7 Å². The van der Waals surface area contributed by atoms with Gasteiger partial charge in [-0.1, -0.05) is 11.3 Å². The zero-order valence-electron chi connectivity index (χ0n) is 15.8. The molecule has 0 fully saturated rings. The molecule has 28 heavy (non-hydrogen) atoms. The Kier molecular flexibility index (Phi) is 6.65. The SMILES string of the molecule is CSc1cnc(NC[C@@H](O)CNc2nc3ccc(C(=O)N(C)C)cc3s2)nc1. The van der Waals surface area contributed by atoms with Gasteiger partial charge >= 0.3 is 0 Å². The molecule has 2 heterocycles. The minimum atomic E-state index is -0.637. The number of thiazole rings is 1. The molecule has 8 nitrogen and oxygen atoms in total. The minimum Gasteiger partial charge on any atom is -0.389 e. The van der Waals surface area contributed by atoms with E-state index in [1.807, 2.05) is 18.4 Å². The van der Waals surface area contributed by atoms with Crippen molar-refractivity contribution in [3.05, 3.63) is 36.2 Å². The van der Waals surface area contributed by atoms with Crippen LogP contribution in [0.2, 0.25) is 0 Å². The van der Waals surface area contributed by atoms with Crippen LogP contribution in [0.15, 0.2) is 35.5 Å². The molecule has 3 aromatic rings. The molecule has 1 amide bonds. The Morgan fingerprint density at radius 2 is 1.96 bits per heavy atom. The maximum absolute atomic E-state index is 12.1. The van der Waals surface area contributed by atoms with Crippen LogP contribution in [-0.2, 0) is 0 Å². The quantitative estimate of drug-likeness (QED) is 0.479. The summed E-state index contributed by atoms with van der Waals surface area (Å²) in [6.45, 7) is 0.650. The molecule has 3 N–H and O–H groups in total. The van der Waals surface area contributed by atoms with Gasteiger partial charge in [-0.15, -0.1) is 11.8 Å². The van der Waals surface area contributed by atoms with E-state index in [1.54, 1.807) is 49.2 Å². The summed E-state index contributed by atoms with van der Waals surface area (Å²) in [5, 5.41) is 17.0. The Bertz CT molecular complexity index is 945. The molecular weight excluding hydrogens is 396 g/mol. The molecule has 10 heteroatoms. The molecular formula is C18H22N6O2S2. The van der Waals surface area contributed by atoms with Crippen molar-refractivity contribution in [2.45, 2.75) is 11.0 Å². The zero-order chi connectivity index (χ0) is 20.1. The molecule has 0 aliphatic carbocycles. The predicted molar refractivity (Wildman–Crippen MR) is 114 cm³/mol. The maximum Gasteiger partial charge on any atom is 0.253 e. The molecule has 1 aromatic carbocycles. The van der Waals surface area contributed by atoms with Crippen LogP contribution in [-0.4, -0.2) is 70.4 Å². The Labute approximate surface area is 171 Å². The van der Waals surface area contributed by atoms with Crippen LogP contribution in [0.25, 0.3) is 10.2 Å². The highest BCUT2D eigenvalue weighted by Gasteiger charge is 2.12. The second kappa shape index (κ2) is 9.18. The summed E-state index contributed by atoms with van der Waals surface area (Å²) in [4.78, 5) is 27.5. The van der Waals surface area contributed by atoms with Crippen LogP contribution in [0.3, 0.4) is 0 Å². The van der Waals surface area contributed by atoms with Crippen LogP contribution in [0.1, 0.15) is 10.4 Å². The summed E-state index contributed by atoms with van der Waals surface area (Å²) in [6.07, 6.45) is 4.80. The zero-order valence-corrected chi connectivity index (χ0v) is 17.5. The fraction of sp³-hybridized carbons (Fsp3) is 0.333. The standard InChI is InChI=1S/C18H22N6O2S2/c1-24(2)16(26)11-4-5-14-15(6-11)28-18(23-14)22-8-12(25)7-19-17-20-9-13(27-3)10-21-17/h4-6,9-10,12,25H,7-8H2,1-3H3,(H,22,23)(H,19,20,21)/t12-/m1/s1. The lowest BCUT2D eigenvalue weighted by Gasteiger charge is -2.12. The van der Waals surface area contributed by atoms with E-state index in [-0.39, 0.29) is 5.91 Å². The number of benzene rings is 1. The molecule has 0 radical (unpaired) electrons. The Morgan fingerprint density at radius 3 is 2.64 bits per heavy atom. The highest BCUT2D eigenvalue weighted by Crippen LogP contribution is 2.27. The number of hydrogen-bond donors (Lipinski definition) is 3. The van der Waals surface area contributed by atoms with Gasteiger partial charge in [-0.25, -0.2) is 15.0 Å². The van der Waals surface area contributed by atoms with Gasteiger partial charge in [-0.3, -0.25) is 4.79 Å². The van der Waals surface area contributed by atoms with Crippen LogP contribution in [0.5, 0.6) is 0 Å². The van der Waals surface area contributed by atoms with Gasteiger partial charge in [0.2, 0.25) is 5.95 Å². The van der Waals surface area contributed by atoms with Gasteiger partial charge in [0.1, 0.15) is 0 Å². The van der Waals surface area contributed by atoms with Gasteiger partial charge in [0.05, 0.1) is 16.3 Å². The van der Waals surface area contributed by atoms with Crippen molar-refractivity contribution in [3.8, 4) is 0 Å². The monoisotopic (exact) mass is 418 g/mol. The van der Waals surface area contributed by atoms with Gasteiger partial charge in [0.15, 0.2) is 5.13 Å². The number of nitrogens with one attached hydrogen (secondary N) is 2. The van der Waals surface area contributed by atoms with Crippen molar-refractivity contribution in [2.75, 3.05) is 44.1 Å². The number of anilines is 2. The van der Waals surface area contributed by atoms with Crippen molar-refractivity contribution < 1.29 is 9.90 Å². The smallest absolute Gasteiger partial charge is 0.253 e. The summed E-state index contributed by atoms with van der Waals surface area (Å²) in [5.74, 6) is 0.439. The highest BCUT2D eigenvalue weighted by molar-refractivity contribution is 7.98. The summed E-state index contributed by atoms with van der Waals surface area (Å²) in [6, 6.07) is 5.45. The van der Waals surface area contributed by atoms with E-state index >= 15 is 0 Å². The van der Waals surface area contributed by atoms with E-state index in [2.05, 4.69) is 25.6 Å². The third kappa shape index (κ3) is 5.09. The Morgan fingerprint density at radius 1 is 1.25 bits per heavy atom. The van der Waals surface area contributed by atoms with E-state index in [4.69, 9.17) is 0 Å². The number of fused-ring (bicyclic) bond motifs is 1.